The van der Waals surface area contributed by atoms with Crippen molar-refractivity contribution in [2.24, 2.45) is 0 Å². The van der Waals surface area contributed by atoms with Crippen LogP contribution in [0.4, 0.5) is 5.69 Å². The Hall–Kier alpha value is -2.91. The summed E-state index contributed by atoms with van der Waals surface area (Å²) in [5, 5.41) is 2.94. The number of carbonyl (C=O) groups excluding carboxylic acids is 1. The topological polar surface area (TPSA) is 109 Å². The van der Waals surface area contributed by atoms with Crippen LogP contribution in [-0.2, 0) is 26.5 Å². The number of amides is 1. The number of carbonyl (C=O) groups is 1. The number of hydrogen-bond acceptors (Lipinski definition) is 6. The molecule has 0 aliphatic carbocycles. The average molecular weight is 486 g/mol. The SMILES string of the molecule is CCc1ccc(NC(=O)CSc2ncc(S(=O)(=O)c3ccc(C(C)(C)C)cc3)c(=O)[nH]2)cc1. The number of nitrogens with zero attached hydrogens (tertiary/aromatic N) is 1. The fourth-order valence-electron chi connectivity index (χ4n) is 3.05. The minimum atomic E-state index is -4.02. The van der Waals surface area contributed by atoms with Crippen LogP contribution in [0.2, 0.25) is 0 Å². The van der Waals surface area contributed by atoms with Gasteiger partial charge in [0.2, 0.25) is 15.7 Å². The standard InChI is InChI=1S/C24H27N3O4S2/c1-5-16-6-10-18(11-7-16)26-21(28)15-32-23-25-14-20(22(29)27-23)33(30,31)19-12-8-17(9-13-19)24(2,3)4/h6-14H,5,15H2,1-4H3,(H,26,28)(H,25,27,29). The molecule has 0 radical (unpaired) electrons. The zero-order chi connectivity index (χ0) is 24.2. The van der Waals surface area contributed by atoms with Crippen molar-refractivity contribution in [2.75, 3.05) is 11.1 Å². The van der Waals surface area contributed by atoms with Gasteiger partial charge in [0, 0.05) is 5.69 Å². The number of rotatable bonds is 7. The van der Waals surface area contributed by atoms with E-state index < -0.39 is 20.3 Å². The van der Waals surface area contributed by atoms with Crippen LogP contribution in [-0.4, -0.2) is 30.0 Å². The summed E-state index contributed by atoms with van der Waals surface area (Å²) in [6, 6.07) is 14.0. The zero-order valence-electron chi connectivity index (χ0n) is 19.0. The number of anilines is 1. The number of aromatic amines is 1. The first-order valence-corrected chi connectivity index (χ1v) is 12.9. The van der Waals surface area contributed by atoms with E-state index in [9.17, 15) is 18.0 Å². The monoisotopic (exact) mass is 485 g/mol. The number of H-pyrrole nitrogens is 1. The van der Waals surface area contributed by atoms with E-state index in [0.29, 0.717) is 5.69 Å². The highest BCUT2D eigenvalue weighted by Crippen LogP contribution is 2.25. The molecule has 2 aromatic carbocycles. The Balaban J connectivity index is 1.68. The third-order valence-electron chi connectivity index (χ3n) is 5.05. The van der Waals surface area contributed by atoms with Gasteiger partial charge in [-0.05, 0) is 47.2 Å². The van der Waals surface area contributed by atoms with E-state index in [1.165, 1.54) is 17.7 Å². The highest BCUT2D eigenvalue weighted by atomic mass is 32.2. The quantitative estimate of drug-likeness (QED) is 0.384. The Morgan fingerprint density at radius 1 is 1.06 bits per heavy atom. The summed E-state index contributed by atoms with van der Waals surface area (Å²) in [7, 11) is -4.02. The molecule has 0 aliphatic heterocycles. The Morgan fingerprint density at radius 2 is 1.70 bits per heavy atom. The summed E-state index contributed by atoms with van der Waals surface area (Å²) < 4.78 is 25.8. The van der Waals surface area contributed by atoms with Crippen LogP contribution >= 0.6 is 11.8 Å². The lowest BCUT2D eigenvalue weighted by Crippen LogP contribution is -2.20. The number of nitrogens with one attached hydrogen (secondary N) is 2. The first-order valence-electron chi connectivity index (χ1n) is 10.5. The number of sulfone groups is 1. The minimum Gasteiger partial charge on any atom is -0.325 e. The normalized spacial score (nSPS) is 11.9. The molecule has 174 valence electrons. The highest BCUT2D eigenvalue weighted by molar-refractivity contribution is 7.99. The van der Waals surface area contributed by atoms with Crippen LogP contribution in [0, 0.1) is 0 Å². The van der Waals surface area contributed by atoms with E-state index in [4.69, 9.17) is 0 Å². The maximum atomic E-state index is 12.9. The summed E-state index contributed by atoms with van der Waals surface area (Å²) in [5.74, 6) is -0.249. The summed E-state index contributed by atoms with van der Waals surface area (Å²) in [4.78, 5) is 30.8. The largest absolute Gasteiger partial charge is 0.325 e. The van der Waals surface area contributed by atoms with Gasteiger partial charge >= 0.3 is 0 Å². The van der Waals surface area contributed by atoms with Crippen molar-refractivity contribution in [2.45, 2.75) is 54.5 Å². The summed E-state index contributed by atoms with van der Waals surface area (Å²) >= 11 is 1.02. The van der Waals surface area contributed by atoms with Crippen LogP contribution in [0.5, 0.6) is 0 Å². The molecule has 3 rings (SSSR count). The molecule has 0 spiro atoms. The number of benzene rings is 2. The van der Waals surface area contributed by atoms with E-state index in [1.54, 1.807) is 12.1 Å². The summed E-state index contributed by atoms with van der Waals surface area (Å²) in [5.41, 5.74) is 1.94. The summed E-state index contributed by atoms with van der Waals surface area (Å²) in [6.07, 6.45) is 1.95. The van der Waals surface area contributed by atoms with Crippen molar-refractivity contribution < 1.29 is 13.2 Å². The van der Waals surface area contributed by atoms with Gasteiger partial charge in [-0.3, -0.25) is 9.59 Å². The van der Waals surface area contributed by atoms with Crippen molar-refractivity contribution in [3.63, 3.8) is 0 Å². The van der Waals surface area contributed by atoms with Crippen molar-refractivity contribution in [3.05, 3.63) is 76.2 Å². The maximum Gasteiger partial charge on any atom is 0.270 e. The van der Waals surface area contributed by atoms with Crippen LogP contribution in [0.3, 0.4) is 0 Å². The Morgan fingerprint density at radius 3 is 2.24 bits per heavy atom. The number of thioether (sulfide) groups is 1. The lowest BCUT2D eigenvalue weighted by atomic mass is 9.87. The molecule has 1 aromatic heterocycles. The van der Waals surface area contributed by atoms with E-state index in [1.807, 2.05) is 45.0 Å². The van der Waals surface area contributed by atoms with Gasteiger partial charge in [-0.1, -0.05) is 63.7 Å². The van der Waals surface area contributed by atoms with E-state index >= 15 is 0 Å². The van der Waals surface area contributed by atoms with Crippen LogP contribution < -0.4 is 10.9 Å². The lowest BCUT2D eigenvalue weighted by molar-refractivity contribution is -0.113. The average Bonchev–Trinajstić information content (AvgIpc) is 2.77. The van der Waals surface area contributed by atoms with Gasteiger partial charge in [-0.15, -0.1) is 0 Å². The first kappa shape index (κ1) is 24.7. The molecule has 0 unspecified atom stereocenters. The number of hydrogen-bond donors (Lipinski definition) is 2. The van der Waals surface area contributed by atoms with Gasteiger partial charge in [-0.25, -0.2) is 13.4 Å². The molecule has 33 heavy (non-hydrogen) atoms. The first-order chi connectivity index (χ1) is 15.5. The second-order valence-electron chi connectivity index (χ2n) is 8.55. The van der Waals surface area contributed by atoms with Crippen LogP contribution in [0.15, 0.2) is 74.5 Å². The predicted molar refractivity (Wildman–Crippen MR) is 131 cm³/mol. The smallest absolute Gasteiger partial charge is 0.270 e. The van der Waals surface area contributed by atoms with Crippen LogP contribution in [0.1, 0.15) is 38.8 Å². The fourth-order valence-corrected chi connectivity index (χ4v) is 4.91. The van der Waals surface area contributed by atoms with Crippen molar-refractivity contribution in [1.82, 2.24) is 9.97 Å². The van der Waals surface area contributed by atoms with E-state index in [0.717, 1.165) is 29.9 Å². The Kier molecular flexibility index (Phi) is 7.44. The minimum absolute atomic E-state index is 0.0127. The molecule has 0 saturated heterocycles. The zero-order valence-corrected chi connectivity index (χ0v) is 20.6. The van der Waals surface area contributed by atoms with Crippen molar-refractivity contribution in [1.29, 1.82) is 0 Å². The van der Waals surface area contributed by atoms with Gasteiger partial charge in [0.15, 0.2) is 10.1 Å². The van der Waals surface area contributed by atoms with Gasteiger partial charge in [-0.2, -0.15) is 0 Å². The third-order valence-corrected chi connectivity index (χ3v) is 7.70. The maximum absolute atomic E-state index is 12.9. The Bertz CT molecular complexity index is 1290. The second-order valence-corrected chi connectivity index (χ2v) is 11.4. The third kappa shape index (κ3) is 6.11. The second kappa shape index (κ2) is 9.93. The van der Waals surface area contributed by atoms with E-state index in [2.05, 4.69) is 22.2 Å². The molecule has 0 saturated carbocycles. The molecule has 0 bridgehead atoms. The number of aryl methyl sites for hydroxylation is 1. The molecule has 1 amide bonds. The molecule has 0 aliphatic rings. The molecule has 3 aromatic rings. The molecular weight excluding hydrogens is 458 g/mol. The molecule has 0 fully saturated rings. The molecule has 2 N–H and O–H groups in total. The fraction of sp³-hybridized carbons (Fsp3) is 0.292. The lowest BCUT2D eigenvalue weighted by Gasteiger charge is -2.19. The summed E-state index contributed by atoms with van der Waals surface area (Å²) in [6.45, 7) is 8.15. The van der Waals surface area contributed by atoms with Crippen LogP contribution in [0.25, 0.3) is 0 Å². The highest BCUT2D eigenvalue weighted by Gasteiger charge is 2.23. The predicted octanol–water partition coefficient (Wildman–Crippen LogP) is 4.19. The number of aromatic nitrogens is 2. The van der Waals surface area contributed by atoms with Gasteiger partial charge in [0.05, 0.1) is 16.8 Å². The molecular formula is C24H27N3O4S2. The molecule has 1 heterocycles. The van der Waals surface area contributed by atoms with Gasteiger partial charge in [0.25, 0.3) is 5.56 Å². The van der Waals surface area contributed by atoms with Gasteiger partial charge in [0.1, 0.15) is 0 Å². The molecule has 0 atom stereocenters. The molecule has 9 heteroatoms. The van der Waals surface area contributed by atoms with E-state index in [-0.39, 0.29) is 27.1 Å². The molecule has 7 nitrogen and oxygen atoms in total. The van der Waals surface area contributed by atoms with Crippen molar-refractivity contribution >= 4 is 33.2 Å². The van der Waals surface area contributed by atoms with Crippen molar-refractivity contribution in [3.8, 4) is 0 Å². The van der Waals surface area contributed by atoms with Gasteiger partial charge < -0.3 is 10.3 Å². The Labute approximate surface area is 198 Å².